The molecule has 0 aliphatic carbocycles. The van der Waals surface area contributed by atoms with Gasteiger partial charge in [-0.25, -0.2) is 0 Å². The Morgan fingerprint density at radius 3 is 2.55 bits per heavy atom. The van der Waals surface area contributed by atoms with Crippen LogP contribution in [0.5, 0.6) is 0 Å². The van der Waals surface area contributed by atoms with E-state index in [9.17, 15) is 9.90 Å². The van der Waals surface area contributed by atoms with Crippen LogP contribution in [0.15, 0.2) is 10.6 Å². The Morgan fingerprint density at radius 1 is 1.40 bits per heavy atom. The fourth-order valence-electron chi connectivity index (χ4n) is 2.62. The fraction of sp³-hybridized carbons (Fsp3) is 0.733. The number of hydrogen-bond donors (Lipinski definition) is 1. The zero-order valence-corrected chi connectivity index (χ0v) is 12.9. The second-order valence-corrected chi connectivity index (χ2v) is 7.14. The number of rotatable bonds is 2. The number of nitrogens with zero attached hydrogens (tertiary/aromatic N) is 2. The third-order valence-electron chi connectivity index (χ3n) is 3.80. The van der Waals surface area contributed by atoms with Crippen LogP contribution in [0.25, 0.3) is 0 Å². The SMILES string of the molecule is CC(C)(C)c1cc(C(=O)N2CCCC2C(C)(C)O)no1. The van der Waals surface area contributed by atoms with Crippen molar-refractivity contribution in [2.75, 3.05) is 6.54 Å². The van der Waals surface area contributed by atoms with E-state index in [2.05, 4.69) is 5.16 Å². The zero-order valence-electron chi connectivity index (χ0n) is 12.9. The van der Waals surface area contributed by atoms with E-state index in [-0.39, 0.29) is 17.4 Å². The topological polar surface area (TPSA) is 66.6 Å². The van der Waals surface area contributed by atoms with Crippen molar-refractivity contribution in [1.82, 2.24) is 10.1 Å². The molecule has 5 nitrogen and oxygen atoms in total. The van der Waals surface area contributed by atoms with Gasteiger partial charge in [0.05, 0.1) is 11.6 Å². The highest BCUT2D eigenvalue weighted by Crippen LogP contribution is 2.29. The first-order valence-electron chi connectivity index (χ1n) is 7.11. The number of amides is 1. The van der Waals surface area contributed by atoms with Crippen LogP contribution in [0, 0.1) is 0 Å². The molecule has 112 valence electrons. The van der Waals surface area contributed by atoms with Crippen molar-refractivity contribution in [3.8, 4) is 0 Å². The van der Waals surface area contributed by atoms with E-state index in [4.69, 9.17) is 4.52 Å². The van der Waals surface area contributed by atoms with Gasteiger partial charge in [-0.05, 0) is 26.7 Å². The predicted molar refractivity (Wildman–Crippen MR) is 75.6 cm³/mol. The molecule has 1 aromatic heterocycles. The van der Waals surface area contributed by atoms with Gasteiger partial charge in [0.1, 0.15) is 5.76 Å². The summed E-state index contributed by atoms with van der Waals surface area (Å²) in [6, 6.07) is 1.55. The van der Waals surface area contributed by atoms with Gasteiger partial charge < -0.3 is 14.5 Å². The lowest BCUT2D eigenvalue weighted by Gasteiger charge is -2.33. The Bertz CT molecular complexity index is 494. The second kappa shape index (κ2) is 4.88. The van der Waals surface area contributed by atoms with E-state index in [1.807, 2.05) is 20.8 Å². The molecule has 2 heterocycles. The van der Waals surface area contributed by atoms with E-state index in [1.165, 1.54) is 0 Å². The minimum atomic E-state index is -0.900. The molecule has 1 fully saturated rings. The van der Waals surface area contributed by atoms with Gasteiger partial charge >= 0.3 is 0 Å². The Morgan fingerprint density at radius 2 is 2.05 bits per heavy atom. The number of aromatic nitrogens is 1. The molecular formula is C15H24N2O3. The summed E-state index contributed by atoms with van der Waals surface area (Å²) >= 11 is 0. The minimum absolute atomic E-state index is 0.158. The maximum Gasteiger partial charge on any atom is 0.276 e. The van der Waals surface area contributed by atoms with Crippen molar-refractivity contribution < 1.29 is 14.4 Å². The number of aliphatic hydroxyl groups is 1. The number of likely N-dealkylation sites (tertiary alicyclic amines) is 1. The number of carbonyl (C=O) groups is 1. The summed E-state index contributed by atoms with van der Waals surface area (Å²) in [4.78, 5) is 14.2. The first kappa shape index (κ1) is 15.0. The van der Waals surface area contributed by atoms with E-state index in [1.54, 1.807) is 24.8 Å². The lowest BCUT2D eigenvalue weighted by Crippen LogP contribution is -2.48. The first-order valence-corrected chi connectivity index (χ1v) is 7.11. The van der Waals surface area contributed by atoms with Gasteiger partial charge in [0.25, 0.3) is 5.91 Å². The van der Waals surface area contributed by atoms with Gasteiger partial charge in [0.15, 0.2) is 5.69 Å². The highest BCUT2D eigenvalue weighted by molar-refractivity contribution is 5.92. The Labute approximate surface area is 119 Å². The molecule has 0 aromatic carbocycles. The lowest BCUT2D eigenvalue weighted by molar-refractivity contribution is -0.0000291. The third kappa shape index (κ3) is 2.87. The molecule has 0 radical (unpaired) electrons. The van der Waals surface area contributed by atoms with Crippen LogP contribution in [-0.4, -0.2) is 39.3 Å². The summed E-state index contributed by atoms with van der Waals surface area (Å²) in [6.45, 7) is 10.2. The van der Waals surface area contributed by atoms with Gasteiger partial charge in [0, 0.05) is 18.0 Å². The molecular weight excluding hydrogens is 256 g/mol. The van der Waals surface area contributed by atoms with Crippen molar-refractivity contribution in [2.45, 2.75) is 64.5 Å². The minimum Gasteiger partial charge on any atom is -0.388 e. The Hall–Kier alpha value is -1.36. The molecule has 0 spiro atoms. The maximum absolute atomic E-state index is 12.5. The second-order valence-electron chi connectivity index (χ2n) is 7.14. The molecule has 0 bridgehead atoms. The van der Waals surface area contributed by atoms with E-state index in [0.717, 1.165) is 12.8 Å². The molecule has 1 N–H and O–H groups in total. The molecule has 1 aliphatic rings. The van der Waals surface area contributed by atoms with Crippen molar-refractivity contribution in [3.63, 3.8) is 0 Å². The summed E-state index contributed by atoms with van der Waals surface area (Å²) in [5.41, 5.74) is -0.749. The quantitative estimate of drug-likeness (QED) is 0.903. The van der Waals surface area contributed by atoms with Crippen LogP contribution in [0.2, 0.25) is 0 Å². The van der Waals surface area contributed by atoms with E-state index < -0.39 is 5.60 Å². The molecule has 1 amide bonds. The normalized spacial score (nSPS) is 20.5. The Balaban J connectivity index is 2.21. The molecule has 1 unspecified atom stereocenters. The highest BCUT2D eigenvalue weighted by Gasteiger charge is 2.39. The summed E-state index contributed by atoms with van der Waals surface area (Å²) in [5, 5.41) is 14.1. The first-order chi connectivity index (χ1) is 9.10. The maximum atomic E-state index is 12.5. The monoisotopic (exact) mass is 280 g/mol. The standard InChI is InChI=1S/C15H24N2O3/c1-14(2,3)12-9-10(16-20-12)13(18)17-8-6-7-11(17)15(4,5)19/h9,11,19H,6-8H2,1-5H3. The average molecular weight is 280 g/mol. The van der Waals surface area contributed by atoms with Crippen molar-refractivity contribution in [2.24, 2.45) is 0 Å². The summed E-state index contributed by atoms with van der Waals surface area (Å²) in [7, 11) is 0. The van der Waals surface area contributed by atoms with Crippen LogP contribution < -0.4 is 0 Å². The van der Waals surface area contributed by atoms with Gasteiger partial charge in [-0.15, -0.1) is 0 Å². The molecule has 5 heteroatoms. The van der Waals surface area contributed by atoms with E-state index in [0.29, 0.717) is 18.0 Å². The number of hydrogen-bond acceptors (Lipinski definition) is 4. The molecule has 0 saturated carbocycles. The van der Waals surface area contributed by atoms with Gasteiger partial charge in [-0.1, -0.05) is 25.9 Å². The van der Waals surface area contributed by atoms with Crippen LogP contribution in [0.1, 0.15) is 63.7 Å². The van der Waals surface area contributed by atoms with Gasteiger partial charge in [-0.2, -0.15) is 0 Å². The largest absolute Gasteiger partial charge is 0.388 e. The zero-order chi connectivity index (χ0) is 15.1. The van der Waals surface area contributed by atoms with Crippen LogP contribution >= 0.6 is 0 Å². The average Bonchev–Trinajstić information content (AvgIpc) is 2.95. The summed E-state index contributed by atoms with van der Waals surface area (Å²) < 4.78 is 5.27. The van der Waals surface area contributed by atoms with E-state index >= 15 is 0 Å². The number of carbonyl (C=O) groups excluding carboxylic acids is 1. The molecule has 1 atom stereocenters. The van der Waals surface area contributed by atoms with Crippen LogP contribution in [-0.2, 0) is 5.41 Å². The molecule has 2 rings (SSSR count). The molecule has 20 heavy (non-hydrogen) atoms. The molecule has 1 saturated heterocycles. The third-order valence-corrected chi connectivity index (χ3v) is 3.80. The highest BCUT2D eigenvalue weighted by atomic mass is 16.5. The molecule has 1 aliphatic heterocycles. The Kier molecular flexibility index (Phi) is 3.67. The van der Waals surface area contributed by atoms with Gasteiger partial charge in [-0.3, -0.25) is 4.79 Å². The lowest BCUT2D eigenvalue weighted by atomic mass is 9.93. The smallest absolute Gasteiger partial charge is 0.276 e. The summed E-state index contributed by atoms with van der Waals surface area (Å²) in [5.74, 6) is 0.536. The fourth-order valence-corrected chi connectivity index (χ4v) is 2.62. The van der Waals surface area contributed by atoms with Crippen molar-refractivity contribution >= 4 is 5.91 Å². The molecule has 1 aromatic rings. The summed E-state index contributed by atoms with van der Waals surface area (Å²) in [6.07, 6.45) is 1.73. The van der Waals surface area contributed by atoms with Gasteiger partial charge in [0.2, 0.25) is 0 Å². The van der Waals surface area contributed by atoms with Crippen molar-refractivity contribution in [1.29, 1.82) is 0 Å². The van der Waals surface area contributed by atoms with Crippen LogP contribution in [0.3, 0.4) is 0 Å². The predicted octanol–water partition coefficient (Wildman–Crippen LogP) is 2.35. The van der Waals surface area contributed by atoms with Crippen LogP contribution in [0.4, 0.5) is 0 Å². The van der Waals surface area contributed by atoms with Crippen molar-refractivity contribution in [3.05, 3.63) is 17.5 Å².